The predicted molar refractivity (Wildman–Crippen MR) is 131 cm³/mol. The lowest BCUT2D eigenvalue weighted by molar-refractivity contribution is -0.128. The van der Waals surface area contributed by atoms with Crippen molar-refractivity contribution in [2.45, 2.75) is 45.7 Å². The third kappa shape index (κ3) is 6.71. The number of sulfonamides is 1. The topological polar surface area (TPSA) is 86.8 Å². The van der Waals surface area contributed by atoms with Crippen LogP contribution < -0.4 is 9.62 Å². The molecule has 7 nitrogen and oxygen atoms in total. The summed E-state index contributed by atoms with van der Waals surface area (Å²) in [5.74, 6) is 0.0116. The summed E-state index contributed by atoms with van der Waals surface area (Å²) in [6.45, 7) is 3.63. The van der Waals surface area contributed by atoms with Crippen molar-refractivity contribution in [1.29, 1.82) is 0 Å². The molecule has 0 spiro atoms. The second-order valence-corrected chi connectivity index (χ2v) is 10.6. The molecule has 0 saturated carbocycles. The fourth-order valence-corrected chi connectivity index (χ4v) is 5.14. The van der Waals surface area contributed by atoms with E-state index in [9.17, 15) is 18.0 Å². The summed E-state index contributed by atoms with van der Waals surface area (Å²) in [7, 11) is -3.52. The zero-order valence-electron chi connectivity index (χ0n) is 19.0. The van der Waals surface area contributed by atoms with E-state index in [-0.39, 0.29) is 24.8 Å². The summed E-state index contributed by atoms with van der Waals surface area (Å²) in [5.41, 5.74) is 3.20. The fourth-order valence-electron chi connectivity index (χ4n) is 3.96. The average molecular weight is 492 g/mol. The number of carbonyl (C=O) groups is 2. The number of hydrogen-bond acceptors (Lipinski definition) is 4. The van der Waals surface area contributed by atoms with E-state index >= 15 is 0 Å². The minimum absolute atomic E-state index is 0.154. The second kappa shape index (κ2) is 11.0. The first-order valence-electron chi connectivity index (χ1n) is 11.0. The first-order chi connectivity index (χ1) is 15.7. The Bertz CT molecular complexity index is 1120. The number of nitrogens with one attached hydrogen (secondary N) is 1. The standard InChI is InChI=1S/C24H30ClN3O4S/c1-18-21(25)10-5-11-22(18)28(33(2,31)32)15-6-12-23(29)26-16-19-8-3-4-9-20(19)17-27-14-7-13-24(27)30/h3-5,8-11H,6-7,12-17H2,1-2H3,(H,26,29). The van der Waals surface area contributed by atoms with Crippen LogP contribution in [-0.4, -0.2) is 44.5 Å². The van der Waals surface area contributed by atoms with Gasteiger partial charge in [0.25, 0.3) is 0 Å². The molecule has 0 radical (unpaired) electrons. The van der Waals surface area contributed by atoms with Crippen LogP contribution in [-0.2, 0) is 32.7 Å². The summed E-state index contributed by atoms with van der Waals surface area (Å²) >= 11 is 6.16. The Balaban J connectivity index is 1.55. The molecule has 2 aromatic carbocycles. The van der Waals surface area contributed by atoms with Crippen molar-refractivity contribution < 1.29 is 18.0 Å². The Morgan fingerprint density at radius 3 is 2.55 bits per heavy atom. The number of hydrogen-bond donors (Lipinski definition) is 1. The number of nitrogens with zero attached hydrogens (tertiary/aromatic N) is 2. The van der Waals surface area contributed by atoms with Crippen molar-refractivity contribution in [2.75, 3.05) is 23.7 Å². The van der Waals surface area contributed by atoms with E-state index in [1.54, 1.807) is 25.1 Å². The maximum absolute atomic E-state index is 12.4. The van der Waals surface area contributed by atoms with Gasteiger partial charge < -0.3 is 10.2 Å². The van der Waals surface area contributed by atoms with Crippen LogP contribution in [0.2, 0.25) is 5.02 Å². The van der Waals surface area contributed by atoms with Crippen molar-refractivity contribution >= 4 is 39.1 Å². The number of carbonyl (C=O) groups excluding carboxylic acids is 2. The maximum Gasteiger partial charge on any atom is 0.232 e. The SMILES string of the molecule is Cc1c(Cl)cccc1N(CCCC(=O)NCc1ccccc1CN1CCCC1=O)S(C)(=O)=O. The summed E-state index contributed by atoms with van der Waals surface area (Å²) in [6, 6.07) is 12.9. The van der Waals surface area contributed by atoms with Crippen molar-refractivity contribution in [3.63, 3.8) is 0 Å². The van der Waals surface area contributed by atoms with Gasteiger partial charge in [-0.2, -0.15) is 0 Å². The minimum atomic E-state index is -3.52. The highest BCUT2D eigenvalue weighted by Crippen LogP contribution is 2.28. The molecule has 1 N–H and O–H groups in total. The van der Waals surface area contributed by atoms with E-state index < -0.39 is 10.0 Å². The highest BCUT2D eigenvalue weighted by atomic mass is 35.5. The van der Waals surface area contributed by atoms with Gasteiger partial charge in [-0.3, -0.25) is 13.9 Å². The van der Waals surface area contributed by atoms with E-state index in [4.69, 9.17) is 11.6 Å². The van der Waals surface area contributed by atoms with Gasteiger partial charge in [-0.05, 0) is 48.6 Å². The number of benzene rings is 2. The molecule has 9 heteroatoms. The molecule has 1 fully saturated rings. The van der Waals surface area contributed by atoms with Gasteiger partial charge in [0.15, 0.2) is 0 Å². The van der Waals surface area contributed by atoms with Gasteiger partial charge in [0.2, 0.25) is 21.8 Å². The molecule has 2 aromatic rings. The van der Waals surface area contributed by atoms with Crippen LogP contribution in [0.4, 0.5) is 5.69 Å². The molecule has 178 valence electrons. The van der Waals surface area contributed by atoms with Crippen molar-refractivity contribution in [3.05, 3.63) is 64.2 Å². The van der Waals surface area contributed by atoms with Crippen LogP contribution in [0, 0.1) is 6.92 Å². The summed E-state index contributed by atoms with van der Waals surface area (Å²) in [6.07, 6.45) is 3.19. The molecule has 0 unspecified atom stereocenters. The minimum Gasteiger partial charge on any atom is -0.352 e. The smallest absolute Gasteiger partial charge is 0.232 e. The van der Waals surface area contributed by atoms with Gasteiger partial charge in [-0.1, -0.05) is 41.9 Å². The van der Waals surface area contributed by atoms with E-state index in [0.717, 1.165) is 30.3 Å². The highest BCUT2D eigenvalue weighted by Gasteiger charge is 2.22. The number of halogens is 1. The van der Waals surface area contributed by atoms with Gasteiger partial charge in [-0.15, -0.1) is 0 Å². The molecular weight excluding hydrogens is 462 g/mol. The normalized spacial score (nSPS) is 13.9. The van der Waals surface area contributed by atoms with Crippen molar-refractivity contribution in [1.82, 2.24) is 10.2 Å². The van der Waals surface area contributed by atoms with Crippen molar-refractivity contribution in [2.24, 2.45) is 0 Å². The Hall–Kier alpha value is -2.58. The quantitative estimate of drug-likeness (QED) is 0.549. The molecule has 1 aliphatic rings. The third-order valence-electron chi connectivity index (χ3n) is 5.80. The monoisotopic (exact) mass is 491 g/mol. The number of amides is 2. The van der Waals surface area contributed by atoms with Gasteiger partial charge in [0.1, 0.15) is 0 Å². The summed E-state index contributed by atoms with van der Waals surface area (Å²) < 4.78 is 26.0. The van der Waals surface area contributed by atoms with Crippen LogP contribution in [0.15, 0.2) is 42.5 Å². The fraction of sp³-hybridized carbons (Fsp3) is 0.417. The van der Waals surface area contributed by atoms with Crippen molar-refractivity contribution in [3.8, 4) is 0 Å². The molecular formula is C24H30ClN3O4S. The van der Waals surface area contributed by atoms with Crippen LogP contribution in [0.3, 0.4) is 0 Å². The third-order valence-corrected chi connectivity index (χ3v) is 7.39. The van der Waals surface area contributed by atoms with Crippen LogP contribution in [0.5, 0.6) is 0 Å². The number of rotatable bonds is 10. The number of anilines is 1. The molecule has 1 heterocycles. The summed E-state index contributed by atoms with van der Waals surface area (Å²) in [5, 5.41) is 3.41. The first-order valence-corrected chi connectivity index (χ1v) is 13.2. The lowest BCUT2D eigenvalue weighted by Crippen LogP contribution is -2.32. The van der Waals surface area contributed by atoms with E-state index in [0.29, 0.717) is 42.2 Å². The lowest BCUT2D eigenvalue weighted by atomic mass is 10.1. The Kier molecular flexibility index (Phi) is 8.37. The Morgan fingerprint density at radius 1 is 1.15 bits per heavy atom. The largest absolute Gasteiger partial charge is 0.352 e. The first kappa shape index (κ1) is 25.1. The average Bonchev–Trinajstić information content (AvgIpc) is 3.16. The zero-order valence-corrected chi connectivity index (χ0v) is 20.6. The second-order valence-electron chi connectivity index (χ2n) is 8.29. The summed E-state index contributed by atoms with van der Waals surface area (Å²) in [4.78, 5) is 26.2. The van der Waals surface area contributed by atoms with E-state index in [1.165, 1.54) is 4.31 Å². The molecule has 1 aliphatic heterocycles. The highest BCUT2D eigenvalue weighted by molar-refractivity contribution is 7.92. The van der Waals surface area contributed by atoms with Gasteiger partial charge in [0, 0.05) is 44.0 Å². The van der Waals surface area contributed by atoms with E-state index in [2.05, 4.69) is 5.32 Å². The predicted octanol–water partition coefficient (Wildman–Crippen LogP) is 3.63. The molecule has 33 heavy (non-hydrogen) atoms. The molecule has 0 aromatic heterocycles. The number of likely N-dealkylation sites (tertiary alicyclic amines) is 1. The van der Waals surface area contributed by atoms with Crippen LogP contribution >= 0.6 is 11.6 Å². The molecule has 0 bridgehead atoms. The lowest BCUT2D eigenvalue weighted by Gasteiger charge is -2.24. The maximum atomic E-state index is 12.4. The molecule has 1 saturated heterocycles. The zero-order chi connectivity index (χ0) is 24.0. The van der Waals surface area contributed by atoms with Crippen LogP contribution in [0.25, 0.3) is 0 Å². The molecule has 0 aliphatic carbocycles. The molecule has 3 rings (SSSR count). The van der Waals surface area contributed by atoms with Gasteiger partial charge in [0.05, 0.1) is 11.9 Å². The Labute approximate surface area is 200 Å². The molecule has 0 atom stereocenters. The van der Waals surface area contributed by atoms with Gasteiger partial charge >= 0.3 is 0 Å². The van der Waals surface area contributed by atoms with Crippen LogP contribution in [0.1, 0.15) is 42.4 Å². The Morgan fingerprint density at radius 2 is 1.88 bits per heavy atom. The molecule has 2 amide bonds. The van der Waals surface area contributed by atoms with E-state index in [1.807, 2.05) is 29.2 Å². The van der Waals surface area contributed by atoms with Gasteiger partial charge in [-0.25, -0.2) is 8.42 Å².